The van der Waals surface area contributed by atoms with Crippen molar-refractivity contribution in [3.63, 3.8) is 0 Å². The molecule has 0 aromatic heterocycles. The molecule has 0 aliphatic carbocycles. The quantitative estimate of drug-likeness (QED) is 0.828. The molecule has 0 spiro atoms. The maximum Gasteiger partial charge on any atom is 0.211 e. The molecule has 0 amide bonds. The third-order valence-electron chi connectivity index (χ3n) is 4.18. The Morgan fingerprint density at radius 3 is 1.96 bits per heavy atom. The van der Waals surface area contributed by atoms with Gasteiger partial charge in [0.25, 0.3) is 0 Å². The highest BCUT2D eigenvalue weighted by Crippen LogP contribution is 2.56. The molecule has 1 heterocycles. The first-order valence-corrected chi connectivity index (χ1v) is 7.80. The second kappa shape index (κ2) is 6.93. The van der Waals surface area contributed by atoms with Gasteiger partial charge in [0.1, 0.15) is 11.7 Å². The molecule has 0 unspecified atom stereocenters. The van der Waals surface area contributed by atoms with E-state index in [4.69, 9.17) is 23.7 Å². The lowest BCUT2D eigenvalue weighted by Crippen LogP contribution is -2.22. The molecular weight excluding hydrogens is 324 g/mol. The SMILES string of the molecule is COc1c(OC)c(OC)c2c(c1OC)O[C@H](c1ccccc1)CC2=O. The van der Waals surface area contributed by atoms with Crippen LogP contribution in [0.1, 0.15) is 28.4 Å². The molecule has 3 rings (SSSR count). The molecule has 0 saturated carbocycles. The van der Waals surface area contributed by atoms with Gasteiger partial charge in [0.15, 0.2) is 17.3 Å². The van der Waals surface area contributed by atoms with Crippen LogP contribution in [0.25, 0.3) is 0 Å². The lowest BCUT2D eigenvalue weighted by Gasteiger charge is -2.29. The van der Waals surface area contributed by atoms with Crippen LogP contribution in [0.15, 0.2) is 30.3 Å². The van der Waals surface area contributed by atoms with Crippen molar-refractivity contribution in [3.05, 3.63) is 41.5 Å². The smallest absolute Gasteiger partial charge is 0.211 e. The van der Waals surface area contributed by atoms with Crippen LogP contribution in [0.3, 0.4) is 0 Å². The second-order valence-electron chi connectivity index (χ2n) is 5.48. The molecule has 1 aliphatic rings. The highest BCUT2D eigenvalue weighted by atomic mass is 16.6. The van der Waals surface area contributed by atoms with Crippen molar-refractivity contribution < 1.29 is 28.5 Å². The van der Waals surface area contributed by atoms with E-state index in [9.17, 15) is 4.79 Å². The van der Waals surface area contributed by atoms with E-state index in [0.717, 1.165) is 5.56 Å². The van der Waals surface area contributed by atoms with Crippen molar-refractivity contribution in [2.75, 3.05) is 28.4 Å². The van der Waals surface area contributed by atoms with Crippen LogP contribution in [0, 0.1) is 0 Å². The van der Waals surface area contributed by atoms with Crippen LogP contribution in [0.4, 0.5) is 0 Å². The summed E-state index contributed by atoms with van der Waals surface area (Å²) in [6.45, 7) is 0. The Labute approximate surface area is 146 Å². The van der Waals surface area contributed by atoms with E-state index in [2.05, 4.69) is 0 Å². The summed E-state index contributed by atoms with van der Waals surface area (Å²) in [6, 6.07) is 9.58. The first-order chi connectivity index (χ1) is 12.2. The molecule has 6 heteroatoms. The van der Waals surface area contributed by atoms with Crippen molar-refractivity contribution in [1.82, 2.24) is 0 Å². The van der Waals surface area contributed by atoms with Crippen LogP contribution in [-0.4, -0.2) is 34.2 Å². The molecule has 0 saturated heterocycles. The predicted molar refractivity (Wildman–Crippen MR) is 91.4 cm³/mol. The molecule has 0 N–H and O–H groups in total. The fourth-order valence-electron chi connectivity index (χ4n) is 3.06. The number of benzene rings is 2. The first-order valence-electron chi connectivity index (χ1n) is 7.80. The standard InChI is InChI=1S/C19H20O6/c1-21-15-14-12(20)10-13(11-8-6-5-7-9-11)25-16(14)18(23-3)19(24-4)17(15)22-2/h5-9,13H,10H2,1-4H3/t13-/m0/s1. The topological polar surface area (TPSA) is 63.2 Å². The predicted octanol–water partition coefficient (Wildman–Crippen LogP) is 3.43. The summed E-state index contributed by atoms with van der Waals surface area (Å²) in [6.07, 6.45) is -0.204. The molecule has 1 atom stereocenters. The van der Waals surface area contributed by atoms with Crippen molar-refractivity contribution in [2.24, 2.45) is 0 Å². The van der Waals surface area contributed by atoms with E-state index in [1.807, 2.05) is 30.3 Å². The lowest BCUT2D eigenvalue weighted by molar-refractivity contribution is 0.0833. The van der Waals surface area contributed by atoms with Crippen LogP contribution >= 0.6 is 0 Å². The number of hydrogen-bond acceptors (Lipinski definition) is 6. The Morgan fingerprint density at radius 1 is 0.840 bits per heavy atom. The van der Waals surface area contributed by atoms with Gasteiger partial charge in [0, 0.05) is 0 Å². The summed E-state index contributed by atoms with van der Waals surface area (Å²) in [4.78, 5) is 12.9. The number of methoxy groups -OCH3 is 4. The number of carbonyl (C=O) groups is 1. The van der Waals surface area contributed by atoms with Gasteiger partial charge < -0.3 is 23.7 Å². The minimum absolute atomic E-state index is 0.105. The molecule has 0 fully saturated rings. The normalized spacial score (nSPS) is 15.8. The molecule has 1 aliphatic heterocycles. The van der Waals surface area contributed by atoms with Crippen molar-refractivity contribution in [2.45, 2.75) is 12.5 Å². The van der Waals surface area contributed by atoms with Gasteiger partial charge in [0.2, 0.25) is 17.2 Å². The highest BCUT2D eigenvalue weighted by Gasteiger charge is 2.38. The third kappa shape index (κ3) is 2.73. The zero-order valence-electron chi connectivity index (χ0n) is 14.6. The largest absolute Gasteiger partial charge is 0.492 e. The van der Waals surface area contributed by atoms with Gasteiger partial charge in [-0.2, -0.15) is 0 Å². The van der Waals surface area contributed by atoms with E-state index < -0.39 is 6.10 Å². The van der Waals surface area contributed by atoms with Crippen LogP contribution in [-0.2, 0) is 0 Å². The Bertz CT molecular complexity index is 784. The first kappa shape index (κ1) is 17.0. The molecule has 6 nitrogen and oxygen atoms in total. The van der Waals surface area contributed by atoms with Gasteiger partial charge in [0.05, 0.1) is 34.9 Å². The fourth-order valence-corrected chi connectivity index (χ4v) is 3.06. The summed E-state index contributed by atoms with van der Waals surface area (Å²) in [7, 11) is 5.93. The van der Waals surface area contributed by atoms with Crippen molar-refractivity contribution in [3.8, 4) is 28.7 Å². The van der Waals surface area contributed by atoms with Gasteiger partial charge in [-0.05, 0) is 5.56 Å². The fraction of sp³-hybridized carbons (Fsp3) is 0.316. The number of carbonyl (C=O) groups excluding carboxylic acids is 1. The summed E-state index contributed by atoms with van der Waals surface area (Å²) in [5, 5.41) is 0. The van der Waals surface area contributed by atoms with E-state index in [1.165, 1.54) is 28.4 Å². The van der Waals surface area contributed by atoms with Gasteiger partial charge in [-0.15, -0.1) is 0 Å². The molecule has 2 aromatic carbocycles. The van der Waals surface area contributed by atoms with Crippen LogP contribution in [0.2, 0.25) is 0 Å². The lowest BCUT2D eigenvalue weighted by atomic mass is 9.94. The van der Waals surface area contributed by atoms with Crippen LogP contribution < -0.4 is 23.7 Å². The Kier molecular flexibility index (Phi) is 4.70. The minimum atomic E-state index is -0.405. The minimum Gasteiger partial charge on any atom is -0.492 e. The van der Waals surface area contributed by atoms with E-state index in [-0.39, 0.29) is 18.0 Å². The monoisotopic (exact) mass is 344 g/mol. The molecule has 0 bridgehead atoms. The van der Waals surface area contributed by atoms with Crippen LogP contribution in [0.5, 0.6) is 28.7 Å². The Balaban J connectivity index is 2.21. The second-order valence-corrected chi connectivity index (χ2v) is 5.48. The molecule has 25 heavy (non-hydrogen) atoms. The Hall–Kier alpha value is -2.89. The summed E-state index contributed by atoms with van der Waals surface area (Å²) in [5.41, 5.74) is 1.22. The number of Topliss-reactive ketones (excluding diaryl/α,β-unsaturated/α-hetero) is 1. The average molecular weight is 344 g/mol. The number of rotatable bonds is 5. The van der Waals surface area contributed by atoms with Gasteiger partial charge >= 0.3 is 0 Å². The Morgan fingerprint density at radius 2 is 1.40 bits per heavy atom. The maximum absolute atomic E-state index is 12.9. The third-order valence-corrected chi connectivity index (χ3v) is 4.18. The molecule has 132 valence electrons. The summed E-state index contributed by atoms with van der Waals surface area (Å²) in [5.74, 6) is 1.42. The number of fused-ring (bicyclic) bond motifs is 1. The maximum atomic E-state index is 12.9. The van der Waals surface area contributed by atoms with Gasteiger partial charge in [-0.25, -0.2) is 0 Å². The summed E-state index contributed by atoms with van der Waals surface area (Å²) < 4.78 is 27.8. The number of hydrogen-bond donors (Lipinski definition) is 0. The average Bonchev–Trinajstić information content (AvgIpc) is 2.66. The number of ether oxygens (including phenoxy) is 5. The summed E-state index contributed by atoms with van der Waals surface area (Å²) >= 11 is 0. The van der Waals surface area contributed by atoms with E-state index in [1.54, 1.807) is 0 Å². The molecule has 2 aromatic rings. The zero-order valence-corrected chi connectivity index (χ0v) is 14.6. The molecule has 0 radical (unpaired) electrons. The van der Waals surface area contributed by atoms with Crippen molar-refractivity contribution in [1.29, 1.82) is 0 Å². The van der Waals surface area contributed by atoms with E-state index in [0.29, 0.717) is 28.6 Å². The van der Waals surface area contributed by atoms with Crippen molar-refractivity contribution >= 4 is 5.78 Å². The highest BCUT2D eigenvalue weighted by molar-refractivity contribution is 6.05. The number of ketones is 1. The zero-order chi connectivity index (χ0) is 18.0. The van der Waals surface area contributed by atoms with Gasteiger partial charge in [-0.1, -0.05) is 30.3 Å². The van der Waals surface area contributed by atoms with E-state index >= 15 is 0 Å². The van der Waals surface area contributed by atoms with Gasteiger partial charge in [-0.3, -0.25) is 4.79 Å². The molecular formula is C19H20O6.